The van der Waals surface area contributed by atoms with Gasteiger partial charge in [0.1, 0.15) is 0 Å². The molecule has 1 heterocycles. The number of hydrogen-bond donors (Lipinski definition) is 1. The first-order valence-corrected chi connectivity index (χ1v) is 6.07. The van der Waals surface area contributed by atoms with Crippen molar-refractivity contribution < 1.29 is 9.53 Å². The highest BCUT2D eigenvalue weighted by Gasteiger charge is 2.11. The number of hydrogen-bond acceptors (Lipinski definition) is 4. The number of thiophene rings is 1. The molecular formula is C13H14ClNO2S. The molecule has 96 valence electrons. The standard InChI is InChI=1S/C13H13NO2S.ClH/c1-16-13(15)10-6-4-9(5-7-10)12(14)11-3-2-8-17-11;/h2-8,12H,14H2,1H3;1H/t12-;/m1./s1. The summed E-state index contributed by atoms with van der Waals surface area (Å²) in [4.78, 5) is 12.4. The Bertz CT molecular complexity index is 496. The van der Waals surface area contributed by atoms with Gasteiger partial charge in [-0.05, 0) is 29.1 Å². The van der Waals surface area contributed by atoms with Gasteiger partial charge in [0.2, 0.25) is 0 Å². The summed E-state index contributed by atoms with van der Waals surface area (Å²) < 4.78 is 4.64. The molecular weight excluding hydrogens is 270 g/mol. The van der Waals surface area contributed by atoms with Crippen LogP contribution in [0.5, 0.6) is 0 Å². The Labute approximate surface area is 116 Å². The predicted molar refractivity (Wildman–Crippen MR) is 75.4 cm³/mol. The van der Waals surface area contributed by atoms with Gasteiger partial charge in [-0.2, -0.15) is 0 Å². The van der Waals surface area contributed by atoms with E-state index in [1.165, 1.54) is 7.11 Å². The second-order valence-corrected chi connectivity index (χ2v) is 4.59. The van der Waals surface area contributed by atoms with E-state index in [0.717, 1.165) is 10.4 Å². The molecule has 0 spiro atoms. The van der Waals surface area contributed by atoms with Crippen molar-refractivity contribution in [3.8, 4) is 0 Å². The van der Waals surface area contributed by atoms with Crippen molar-refractivity contribution in [3.05, 3.63) is 57.8 Å². The van der Waals surface area contributed by atoms with E-state index in [1.54, 1.807) is 23.5 Å². The van der Waals surface area contributed by atoms with Crippen LogP contribution in [0, 0.1) is 0 Å². The van der Waals surface area contributed by atoms with E-state index >= 15 is 0 Å². The van der Waals surface area contributed by atoms with E-state index in [2.05, 4.69) is 4.74 Å². The largest absolute Gasteiger partial charge is 0.465 e. The number of methoxy groups -OCH3 is 1. The third-order valence-corrected chi connectivity index (χ3v) is 3.50. The van der Waals surface area contributed by atoms with E-state index in [4.69, 9.17) is 5.73 Å². The molecule has 1 atom stereocenters. The van der Waals surface area contributed by atoms with Gasteiger partial charge < -0.3 is 10.5 Å². The molecule has 1 aromatic heterocycles. The third kappa shape index (κ3) is 3.10. The summed E-state index contributed by atoms with van der Waals surface area (Å²) in [5.41, 5.74) is 7.64. The van der Waals surface area contributed by atoms with Crippen LogP contribution in [-0.4, -0.2) is 13.1 Å². The highest BCUT2D eigenvalue weighted by atomic mass is 35.5. The smallest absolute Gasteiger partial charge is 0.337 e. The predicted octanol–water partition coefficient (Wildman–Crippen LogP) is 3.00. The molecule has 0 aliphatic rings. The zero-order valence-electron chi connectivity index (χ0n) is 9.83. The van der Waals surface area contributed by atoms with Crippen molar-refractivity contribution >= 4 is 29.7 Å². The van der Waals surface area contributed by atoms with Crippen molar-refractivity contribution in [2.45, 2.75) is 6.04 Å². The molecule has 18 heavy (non-hydrogen) atoms. The van der Waals surface area contributed by atoms with Gasteiger partial charge in [-0.15, -0.1) is 23.7 Å². The molecule has 2 rings (SSSR count). The van der Waals surface area contributed by atoms with Crippen LogP contribution in [-0.2, 0) is 4.74 Å². The number of esters is 1. The topological polar surface area (TPSA) is 52.3 Å². The first kappa shape index (κ1) is 14.7. The van der Waals surface area contributed by atoms with Crippen LogP contribution in [0.15, 0.2) is 41.8 Å². The zero-order valence-corrected chi connectivity index (χ0v) is 11.5. The average molecular weight is 284 g/mol. The number of ether oxygens (including phenoxy) is 1. The fourth-order valence-corrected chi connectivity index (χ4v) is 2.33. The van der Waals surface area contributed by atoms with Crippen molar-refractivity contribution in [2.75, 3.05) is 7.11 Å². The fraction of sp³-hybridized carbons (Fsp3) is 0.154. The number of carbonyl (C=O) groups excluding carboxylic acids is 1. The number of rotatable bonds is 3. The van der Waals surface area contributed by atoms with Crippen LogP contribution in [0.3, 0.4) is 0 Å². The average Bonchev–Trinajstić information content (AvgIpc) is 2.91. The van der Waals surface area contributed by atoms with Gasteiger partial charge in [-0.1, -0.05) is 18.2 Å². The lowest BCUT2D eigenvalue weighted by molar-refractivity contribution is 0.0600. The second-order valence-electron chi connectivity index (χ2n) is 3.61. The SMILES string of the molecule is COC(=O)c1ccc([C@@H](N)c2cccs2)cc1.Cl. The van der Waals surface area contributed by atoms with Gasteiger partial charge in [0.05, 0.1) is 18.7 Å². The van der Waals surface area contributed by atoms with Crippen molar-refractivity contribution in [3.63, 3.8) is 0 Å². The molecule has 0 saturated carbocycles. The molecule has 0 bridgehead atoms. The summed E-state index contributed by atoms with van der Waals surface area (Å²) in [5, 5.41) is 2.00. The lowest BCUT2D eigenvalue weighted by Crippen LogP contribution is -2.10. The Morgan fingerprint density at radius 3 is 2.44 bits per heavy atom. The van der Waals surface area contributed by atoms with Crippen molar-refractivity contribution in [1.29, 1.82) is 0 Å². The number of nitrogens with two attached hydrogens (primary N) is 1. The Morgan fingerprint density at radius 1 is 1.28 bits per heavy atom. The molecule has 0 unspecified atom stereocenters. The molecule has 0 aliphatic heterocycles. The summed E-state index contributed by atoms with van der Waals surface area (Å²) in [6, 6.07) is 11.0. The first-order chi connectivity index (χ1) is 8.22. The van der Waals surface area contributed by atoms with Crippen molar-refractivity contribution in [2.24, 2.45) is 5.73 Å². The summed E-state index contributed by atoms with van der Waals surface area (Å²) >= 11 is 1.62. The van der Waals surface area contributed by atoms with Crippen LogP contribution in [0.2, 0.25) is 0 Å². The minimum absolute atomic E-state index is 0. The van der Waals surface area contributed by atoms with Crippen LogP contribution < -0.4 is 5.73 Å². The maximum Gasteiger partial charge on any atom is 0.337 e. The summed E-state index contributed by atoms with van der Waals surface area (Å²) in [5.74, 6) is -0.332. The molecule has 0 amide bonds. The van der Waals surface area contributed by atoms with E-state index in [1.807, 2.05) is 29.6 Å². The molecule has 3 nitrogen and oxygen atoms in total. The minimum Gasteiger partial charge on any atom is -0.465 e. The maximum atomic E-state index is 11.3. The lowest BCUT2D eigenvalue weighted by Gasteiger charge is -2.10. The Balaban J connectivity index is 0.00000162. The highest BCUT2D eigenvalue weighted by Crippen LogP contribution is 2.23. The van der Waals surface area contributed by atoms with E-state index in [-0.39, 0.29) is 24.4 Å². The van der Waals surface area contributed by atoms with Gasteiger partial charge in [0, 0.05) is 4.88 Å². The van der Waals surface area contributed by atoms with Gasteiger partial charge in [-0.3, -0.25) is 0 Å². The molecule has 0 fully saturated rings. The van der Waals surface area contributed by atoms with Crippen molar-refractivity contribution in [1.82, 2.24) is 0 Å². The van der Waals surface area contributed by atoms with Crippen LogP contribution in [0.1, 0.15) is 26.8 Å². The minimum atomic E-state index is -0.332. The van der Waals surface area contributed by atoms with Gasteiger partial charge >= 0.3 is 5.97 Å². The van der Waals surface area contributed by atoms with E-state index in [0.29, 0.717) is 5.56 Å². The molecule has 2 aromatic rings. The second kappa shape index (κ2) is 6.54. The number of benzene rings is 1. The van der Waals surface area contributed by atoms with E-state index in [9.17, 15) is 4.79 Å². The summed E-state index contributed by atoms with van der Waals surface area (Å²) in [6.07, 6.45) is 0. The summed E-state index contributed by atoms with van der Waals surface area (Å²) in [6.45, 7) is 0. The Hall–Kier alpha value is -1.36. The van der Waals surface area contributed by atoms with Crippen LogP contribution in [0.25, 0.3) is 0 Å². The molecule has 0 aliphatic carbocycles. The lowest BCUT2D eigenvalue weighted by atomic mass is 10.0. The molecule has 2 N–H and O–H groups in total. The van der Waals surface area contributed by atoms with Gasteiger partial charge in [0.25, 0.3) is 0 Å². The normalized spacial score (nSPS) is 11.4. The summed E-state index contributed by atoms with van der Waals surface area (Å²) in [7, 11) is 1.37. The zero-order chi connectivity index (χ0) is 12.3. The molecule has 1 aromatic carbocycles. The molecule has 5 heteroatoms. The van der Waals surface area contributed by atoms with Gasteiger partial charge in [-0.25, -0.2) is 4.79 Å². The fourth-order valence-electron chi connectivity index (χ4n) is 1.58. The van der Waals surface area contributed by atoms with E-state index < -0.39 is 0 Å². The number of carbonyl (C=O) groups is 1. The van der Waals surface area contributed by atoms with Crippen LogP contribution in [0.4, 0.5) is 0 Å². The Morgan fingerprint density at radius 2 is 1.94 bits per heavy atom. The number of halogens is 1. The quantitative estimate of drug-likeness (QED) is 0.881. The first-order valence-electron chi connectivity index (χ1n) is 5.19. The Kier molecular flexibility index (Phi) is 5.34. The maximum absolute atomic E-state index is 11.3. The van der Waals surface area contributed by atoms with Gasteiger partial charge in [0.15, 0.2) is 0 Å². The monoisotopic (exact) mass is 283 g/mol. The highest BCUT2D eigenvalue weighted by molar-refractivity contribution is 7.10. The van der Waals surface area contributed by atoms with Crippen LogP contribution >= 0.6 is 23.7 Å². The molecule has 0 saturated heterocycles. The molecule has 0 radical (unpaired) electrons. The third-order valence-electron chi connectivity index (χ3n) is 2.54.